The highest BCUT2D eigenvalue weighted by molar-refractivity contribution is 6.32. The smallest absolute Gasteiger partial charge is 0.262 e. The van der Waals surface area contributed by atoms with Gasteiger partial charge in [-0.1, -0.05) is 57.5 Å². The van der Waals surface area contributed by atoms with Gasteiger partial charge in [-0.25, -0.2) is 0 Å². The van der Waals surface area contributed by atoms with Gasteiger partial charge >= 0.3 is 0 Å². The van der Waals surface area contributed by atoms with E-state index in [2.05, 4.69) is 32.2 Å². The summed E-state index contributed by atoms with van der Waals surface area (Å²) in [6.45, 7) is 10.3. The van der Waals surface area contributed by atoms with Crippen LogP contribution >= 0.6 is 11.6 Å². The van der Waals surface area contributed by atoms with Crippen molar-refractivity contribution in [1.82, 2.24) is 0 Å². The highest BCUT2D eigenvalue weighted by atomic mass is 35.5. The molecule has 0 saturated heterocycles. The number of halogens is 1. The van der Waals surface area contributed by atoms with E-state index in [-0.39, 0.29) is 12.5 Å². The summed E-state index contributed by atoms with van der Waals surface area (Å²) >= 11 is 6.30. The van der Waals surface area contributed by atoms with Gasteiger partial charge in [0.2, 0.25) is 0 Å². The van der Waals surface area contributed by atoms with Gasteiger partial charge in [0.05, 0.1) is 0 Å². The summed E-state index contributed by atoms with van der Waals surface area (Å²) in [5.74, 6) is 0.993. The Kier molecular flexibility index (Phi) is 7.10. The van der Waals surface area contributed by atoms with E-state index in [0.29, 0.717) is 10.9 Å². The average Bonchev–Trinajstić information content (AvgIpc) is 2.61. The largest absolute Gasteiger partial charge is 0.483 e. The molecular weight excluding hydrogens is 346 g/mol. The van der Waals surface area contributed by atoms with E-state index < -0.39 is 0 Å². The fourth-order valence-corrected chi connectivity index (χ4v) is 3.21. The third-order valence-electron chi connectivity index (χ3n) is 4.58. The maximum absolute atomic E-state index is 12.5. The fourth-order valence-electron chi connectivity index (χ4n) is 2.92. The zero-order chi connectivity index (χ0) is 19.3. The van der Waals surface area contributed by atoms with E-state index in [4.69, 9.17) is 16.3 Å². The molecule has 140 valence electrons. The SMILES string of the molecule is CCc1ccc(Cl)c(CC)c1NC(=O)COc1cc(C(C)C)ccc1C. The van der Waals surface area contributed by atoms with Gasteiger partial charge in [-0.05, 0) is 60.1 Å². The molecule has 0 aliphatic carbocycles. The van der Waals surface area contributed by atoms with Crippen LogP contribution in [-0.4, -0.2) is 12.5 Å². The maximum Gasteiger partial charge on any atom is 0.262 e. The summed E-state index contributed by atoms with van der Waals surface area (Å²) in [6.07, 6.45) is 1.59. The molecule has 3 nitrogen and oxygen atoms in total. The quantitative estimate of drug-likeness (QED) is 0.654. The number of amides is 1. The molecule has 0 aliphatic rings. The second kappa shape index (κ2) is 9.09. The fraction of sp³-hybridized carbons (Fsp3) is 0.409. The van der Waals surface area contributed by atoms with Crippen LogP contribution in [0.2, 0.25) is 5.02 Å². The maximum atomic E-state index is 12.5. The lowest BCUT2D eigenvalue weighted by Crippen LogP contribution is -2.22. The van der Waals surface area contributed by atoms with Crippen molar-refractivity contribution in [1.29, 1.82) is 0 Å². The molecule has 0 bridgehead atoms. The number of carbonyl (C=O) groups excluding carboxylic acids is 1. The first-order chi connectivity index (χ1) is 12.4. The molecule has 1 amide bonds. The van der Waals surface area contributed by atoms with E-state index in [1.54, 1.807) is 0 Å². The molecule has 0 aliphatic heterocycles. The molecule has 1 N–H and O–H groups in total. The van der Waals surface area contributed by atoms with Crippen molar-refractivity contribution in [3.63, 3.8) is 0 Å². The van der Waals surface area contributed by atoms with Gasteiger partial charge in [-0.3, -0.25) is 4.79 Å². The first-order valence-corrected chi connectivity index (χ1v) is 9.58. The van der Waals surface area contributed by atoms with Crippen LogP contribution in [0.15, 0.2) is 30.3 Å². The predicted molar refractivity (Wildman–Crippen MR) is 110 cm³/mol. The monoisotopic (exact) mass is 373 g/mol. The van der Waals surface area contributed by atoms with Crippen molar-refractivity contribution in [2.75, 3.05) is 11.9 Å². The Hall–Kier alpha value is -2.00. The van der Waals surface area contributed by atoms with Gasteiger partial charge in [0.1, 0.15) is 5.75 Å². The minimum absolute atomic E-state index is 0.0266. The number of benzene rings is 2. The van der Waals surface area contributed by atoms with Crippen molar-refractivity contribution in [3.8, 4) is 5.75 Å². The second-order valence-corrected chi connectivity index (χ2v) is 7.19. The molecule has 0 atom stereocenters. The van der Waals surface area contributed by atoms with Crippen LogP contribution in [0.3, 0.4) is 0 Å². The van der Waals surface area contributed by atoms with Crippen LogP contribution < -0.4 is 10.1 Å². The Morgan fingerprint density at radius 3 is 2.50 bits per heavy atom. The third kappa shape index (κ3) is 4.79. The van der Waals surface area contributed by atoms with Crippen molar-refractivity contribution < 1.29 is 9.53 Å². The molecule has 0 radical (unpaired) electrons. The van der Waals surface area contributed by atoms with Crippen molar-refractivity contribution in [2.45, 2.75) is 53.4 Å². The Bertz CT molecular complexity index is 784. The predicted octanol–water partition coefficient (Wildman–Crippen LogP) is 5.91. The molecule has 0 spiro atoms. The molecule has 2 rings (SSSR count). The Labute approximate surface area is 161 Å². The van der Waals surface area contributed by atoms with E-state index in [1.807, 2.05) is 38.1 Å². The number of anilines is 1. The number of ether oxygens (including phenoxy) is 1. The first kappa shape index (κ1) is 20.3. The lowest BCUT2D eigenvalue weighted by Gasteiger charge is -2.17. The third-order valence-corrected chi connectivity index (χ3v) is 4.93. The molecule has 0 unspecified atom stereocenters. The minimum Gasteiger partial charge on any atom is -0.483 e. The molecule has 0 heterocycles. The lowest BCUT2D eigenvalue weighted by molar-refractivity contribution is -0.118. The normalized spacial score (nSPS) is 10.9. The number of rotatable bonds is 7. The van der Waals surface area contributed by atoms with Gasteiger partial charge in [0, 0.05) is 10.7 Å². The zero-order valence-electron chi connectivity index (χ0n) is 16.3. The summed E-state index contributed by atoms with van der Waals surface area (Å²) in [5, 5.41) is 3.68. The van der Waals surface area contributed by atoms with E-state index >= 15 is 0 Å². The molecule has 2 aromatic carbocycles. The van der Waals surface area contributed by atoms with Crippen LogP contribution in [0, 0.1) is 6.92 Å². The van der Waals surface area contributed by atoms with Gasteiger partial charge in [0.15, 0.2) is 6.61 Å². The van der Waals surface area contributed by atoms with Gasteiger partial charge < -0.3 is 10.1 Å². The van der Waals surface area contributed by atoms with Crippen LogP contribution in [0.25, 0.3) is 0 Å². The Balaban J connectivity index is 2.13. The molecule has 2 aromatic rings. The highest BCUT2D eigenvalue weighted by Gasteiger charge is 2.14. The van der Waals surface area contributed by atoms with Gasteiger partial charge in [-0.15, -0.1) is 0 Å². The van der Waals surface area contributed by atoms with Crippen LogP contribution in [-0.2, 0) is 17.6 Å². The van der Waals surface area contributed by atoms with Crippen LogP contribution in [0.5, 0.6) is 5.75 Å². The summed E-state index contributed by atoms with van der Waals surface area (Å²) < 4.78 is 5.79. The Morgan fingerprint density at radius 1 is 1.15 bits per heavy atom. The Morgan fingerprint density at radius 2 is 1.88 bits per heavy atom. The summed E-state index contributed by atoms with van der Waals surface area (Å²) in [7, 11) is 0. The summed E-state index contributed by atoms with van der Waals surface area (Å²) in [4.78, 5) is 12.5. The highest BCUT2D eigenvalue weighted by Crippen LogP contribution is 2.30. The molecular formula is C22H28ClNO2. The molecule has 26 heavy (non-hydrogen) atoms. The van der Waals surface area contributed by atoms with E-state index in [1.165, 1.54) is 5.56 Å². The molecule has 0 fully saturated rings. The molecule has 4 heteroatoms. The van der Waals surface area contributed by atoms with Gasteiger partial charge in [-0.2, -0.15) is 0 Å². The topological polar surface area (TPSA) is 38.3 Å². The minimum atomic E-state index is -0.175. The zero-order valence-corrected chi connectivity index (χ0v) is 17.0. The number of hydrogen-bond donors (Lipinski definition) is 1. The first-order valence-electron chi connectivity index (χ1n) is 9.20. The number of aryl methyl sites for hydroxylation is 2. The van der Waals surface area contributed by atoms with Crippen LogP contribution in [0.1, 0.15) is 55.9 Å². The van der Waals surface area contributed by atoms with Crippen molar-refractivity contribution in [3.05, 3.63) is 57.6 Å². The molecule has 0 aromatic heterocycles. The summed E-state index contributed by atoms with van der Waals surface area (Å²) in [5.41, 5.74) is 5.09. The van der Waals surface area contributed by atoms with E-state index in [0.717, 1.165) is 41.0 Å². The van der Waals surface area contributed by atoms with E-state index in [9.17, 15) is 4.79 Å². The molecule has 0 saturated carbocycles. The van der Waals surface area contributed by atoms with Crippen molar-refractivity contribution in [2.24, 2.45) is 0 Å². The average molecular weight is 374 g/mol. The standard InChI is InChI=1S/C22H28ClNO2/c1-6-16-10-11-19(23)18(7-2)22(16)24-21(25)13-26-20-12-17(14(3)4)9-8-15(20)5/h8-12,14H,6-7,13H2,1-5H3,(H,24,25). The number of nitrogens with one attached hydrogen (secondary N) is 1. The second-order valence-electron chi connectivity index (χ2n) is 6.78. The lowest BCUT2D eigenvalue weighted by atomic mass is 10.0. The number of carbonyl (C=O) groups is 1. The number of hydrogen-bond acceptors (Lipinski definition) is 2. The van der Waals surface area contributed by atoms with Crippen LogP contribution in [0.4, 0.5) is 5.69 Å². The van der Waals surface area contributed by atoms with Gasteiger partial charge in [0.25, 0.3) is 5.91 Å². The summed E-state index contributed by atoms with van der Waals surface area (Å²) in [6, 6.07) is 10.0. The van der Waals surface area contributed by atoms with Crippen molar-refractivity contribution >= 4 is 23.2 Å².